The Morgan fingerprint density at radius 3 is 2.67 bits per heavy atom. The molecule has 0 aliphatic rings. The van der Waals surface area contributed by atoms with Crippen molar-refractivity contribution in [3.8, 4) is 17.7 Å². The highest BCUT2D eigenvalue weighted by Gasteiger charge is 2.24. The van der Waals surface area contributed by atoms with Crippen LogP contribution in [0, 0.1) is 18.3 Å². The van der Waals surface area contributed by atoms with Gasteiger partial charge in [-0.2, -0.15) is 5.26 Å². The number of hydrogen-bond donors (Lipinski definition) is 1. The number of ether oxygens (including phenoxy) is 1. The molecular formula is C20H21ClN2O4. The number of halogens is 1. The third-order valence-electron chi connectivity index (χ3n) is 4.26. The van der Waals surface area contributed by atoms with Crippen molar-refractivity contribution in [2.24, 2.45) is 0 Å². The molecule has 0 saturated carbocycles. The Bertz CT molecular complexity index is 944. The van der Waals surface area contributed by atoms with Gasteiger partial charge in [0.15, 0.2) is 6.61 Å². The van der Waals surface area contributed by atoms with Crippen LogP contribution in [0.1, 0.15) is 47.7 Å². The van der Waals surface area contributed by atoms with Crippen molar-refractivity contribution >= 4 is 17.4 Å². The van der Waals surface area contributed by atoms with Gasteiger partial charge < -0.3 is 9.84 Å². The molecule has 1 aromatic carbocycles. The number of unbranched alkanes of at least 4 members (excludes halogenated alkanes) is 2. The highest BCUT2D eigenvalue weighted by Crippen LogP contribution is 2.26. The summed E-state index contributed by atoms with van der Waals surface area (Å²) in [6.07, 6.45) is 2.45. The van der Waals surface area contributed by atoms with E-state index in [0.29, 0.717) is 17.2 Å². The van der Waals surface area contributed by atoms with Crippen LogP contribution in [-0.2, 0) is 6.54 Å². The van der Waals surface area contributed by atoms with Crippen molar-refractivity contribution in [3.63, 3.8) is 0 Å². The minimum Gasteiger partial charge on any atom is -0.494 e. The maximum atomic E-state index is 12.7. The van der Waals surface area contributed by atoms with Crippen LogP contribution in [0.5, 0.6) is 11.6 Å². The van der Waals surface area contributed by atoms with Crippen LogP contribution in [-0.4, -0.2) is 22.1 Å². The van der Waals surface area contributed by atoms with Gasteiger partial charge >= 0.3 is 0 Å². The number of nitrogens with zero attached hydrogens (tertiary/aromatic N) is 2. The highest BCUT2D eigenvalue weighted by atomic mass is 35.5. The summed E-state index contributed by atoms with van der Waals surface area (Å²) in [5, 5.41) is 20.2. The van der Waals surface area contributed by atoms with E-state index in [1.807, 2.05) is 13.0 Å². The first kappa shape index (κ1) is 20.5. The van der Waals surface area contributed by atoms with Crippen molar-refractivity contribution in [3.05, 3.63) is 56.3 Å². The van der Waals surface area contributed by atoms with Crippen molar-refractivity contribution in [2.45, 2.75) is 39.7 Å². The SMILES string of the molecule is CCCCCn1c(O)c(C(=O)COc2ccccc2Cl)c(C)c(C#N)c1=O. The van der Waals surface area contributed by atoms with E-state index in [0.717, 1.165) is 17.4 Å². The van der Waals surface area contributed by atoms with Gasteiger partial charge in [0.2, 0.25) is 11.7 Å². The van der Waals surface area contributed by atoms with E-state index in [2.05, 4.69) is 0 Å². The molecule has 0 unspecified atom stereocenters. The van der Waals surface area contributed by atoms with Crippen molar-refractivity contribution in [1.29, 1.82) is 5.26 Å². The molecule has 0 aliphatic heterocycles. The van der Waals surface area contributed by atoms with Gasteiger partial charge in [-0.05, 0) is 31.0 Å². The lowest BCUT2D eigenvalue weighted by Gasteiger charge is -2.16. The minimum absolute atomic E-state index is 0.0743. The summed E-state index contributed by atoms with van der Waals surface area (Å²) in [5.41, 5.74) is -0.660. The third-order valence-corrected chi connectivity index (χ3v) is 4.57. The fourth-order valence-electron chi connectivity index (χ4n) is 2.79. The molecule has 1 heterocycles. The van der Waals surface area contributed by atoms with E-state index in [1.54, 1.807) is 24.3 Å². The van der Waals surface area contributed by atoms with E-state index in [1.165, 1.54) is 6.92 Å². The molecule has 142 valence electrons. The molecule has 2 aromatic rings. The Balaban J connectivity index is 2.38. The number of rotatable bonds is 8. The van der Waals surface area contributed by atoms with Crippen LogP contribution >= 0.6 is 11.6 Å². The number of carbonyl (C=O) groups is 1. The number of aromatic hydroxyl groups is 1. The molecular weight excluding hydrogens is 368 g/mol. The second-order valence-electron chi connectivity index (χ2n) is 6.12. The van der Waals surface area contributed by atoms with Gasteiger partial charge in [0.25, 0.3) is 5.56 Å². The summed E-state index contributed by atoms with van der Waals surface area (Å²) < 4.78 is 6.53. The lowest BCUT2D eigenvalue weighted by atomic mass is 10.0. The van der Waals surface area contributed by atoms with Gasteiger partial charge in [-0.1, -0.05) is 43.5 Å². The zero-order valence-corrected chi connectivity index (χ0v) is 16.0. The number of carbonyl (C=O) groups excluding carboxylic acids is 1. The van der Waals surface area contributed by atoms with Crippen molar-refractivity contribution < 1.29 is 14.6 Å². The largest absolute Gasteiger partial charge is 0.494 e. The molecule has 1 aromatic heterocycles. The van der Waals surface area contributed by atoms with Crippen LogP contribution < -0.4 is 10.3 Å². The first-order chi connectivity index (χ1) is 12.9. The summed E-state index contributed by atoms with van der Waals surface area (Å²) in [6, 6.07) is 8.54. The second kappa shape index (κ2) is 9.24. The summed E-state index contributed by atoms with van der Waals surface area (Å²) in [5.74, 6) is -0.632. The van der Waals surface area contributed by atoms with Gasteiger partial charge in [-0.25, -0.2) is 0 Å². The smallest absolute Gasteiger partial charge is 0.271 e. The maximum absolute atomic E-state index is 12.7. The molecule has 0 bridgehead atoms. The van der Waals surface area contributed by atoms with Gasteiger partial charge in [-0.3, -0.25) is 14.2 Å². The molecule has 6 nitrogen and oxygen atoms in total. The molecule has 0 amide bonds. The lowest BCUT2D eigenvalue weighted by molar-refractivity contribution is 0.0916. The fourth-order valence-corrected chi connectivity index (χ4v) is 2.98. The highest BCUT2D eigenvalue weighted by molar-refractivity contribution is 6.32. The Kier molecular flexibility index (Phi) is 7.03. The van der Waals surface area contributed by atoms with E-state index >= 15 is 0 Å². The number of nitriles is 1. The molecule has 0 saturated heterocycles. The monoisotopic (exact) mass is 388 g/mol. The fraction of sp³-hybridized carbons (Fsp3) is 0.350. The molecule has 0 atom stereocenters. The minimum atomic E-state index is -0.591. The molecule has 2 rings (SSSR count). The predicted octanol–water partition coefficient (Wildman–Crippen LogP) is 3.84. The Morgan fingerprint density at radius 2 is 2.04 bits per heavy atom. The number of benzene rings is 1. The zero-order valence-electron chi connectivity index (χ0n) is 15.3. The Labute approximate surface area is 162 Å². The number of para-hydroxylation sites is 1. The Morgan fingerprint density at radius 1 is 1.33 bits per heavy atom. The molecule has 0 spiro atoms. The molecule has 27 heavy (non-hydrogen) atoms. The van der Waals surface area contributed by atoms with Crippen LogP contribution in [0.15, 0.2) is 29.1 Å². The standard InChI is InChI=1S/C20H21ClN2O4/c1-3-4-7-10-23-19(25)14(11-22)13(2)18(20(23)26)16(24)12-27-17-9-6-5-8-15(17)21/h5-6,8-9,26H,3-4,7,10,12H2,1-2H3. The lowest BCUT2D eigenvalue weighted by Crippen LogP contribution is -2.27. The molecule has 0 radical (unpaired) electrons. The van der Waals surface area contributed by atoms with E-state index < -0.39 is 17.2 Å². The normalized spacial score (nSPS) is 10.4. The van der Waals surface area contributed by atoms with E-state index in [4.69, 9.17) is 16.3 Å². The number of ketones is 1. The summed E-state index contributed by atoms with van der Waals surface area (Å²) in [7, 11) is 0. The second-order valence-corrected chi connectivity index (χ2v) is 6.52. The quantitative estimate of drug-likeness (QED) is 0.547. The summed E-state index contributed by atoms with van der Waals surface area (Å²) in [6.45, 7) is 3.34. The van der Waals surface area contributed by atoms with Gasteiger partial charge in [-0.15, -0.1) is 0 Å². The molecule has 7 heteroatoms. The third kappa shape index (κ3) is 4.50. The first-order valence-electron chi connectivity index (χ1n) is 8.69. The van der Waals surface area contributed by atoms with E-state index in [9.17, 15) is 20.0 Å². The average Bonchev–Trinajstić information content (AvgIpc) is 2.64. The van der Waals surface area contributed by atoms with E-state index in [-0.39, 0.29) is 29.8 Å². The number of aromatic nitrogens is 1. The van der Waals surface area contributed by atoms with Crippen LogP contribution in [0.4, 0.5) is 0 Å². The zero-order chi connectivity index (χ0) is 20.0. The first-order valence-corrected chi connectivity index (χ1v) is 9.07. The predicted molar refractivity (Wildman–Crippen MR) is 103 cm³/mol. The maximum Gasteiger partial charge on any atom is 0.271 e. The van der Waals surface area contributed by atoms with Crippen molar-refractivity contribution in [2.75, 3.05) is 6.61 Å². The van der Waals surface area contributed by atoms with Gasteiger partial charge in [0.05, 0.1) is 10.6 Å². The molecule has 1 N–H and O–H groups in total. The molecule has 0 aliphatic carbocycles. The number of hydrogen-bond acceptors (Lipinski definition) is 5. The number of pyridine rings is 1. The van der Waals surface area contributed by atoms with Crippen LogP contribution in [0.3, 0.4) is 0 Å². The number of Topliss-reactive ketones (excluding diaryl/α,β-unsaturated/α-hetero) is 1. The van der Waals surface area contributed by atoms with Gasteiger partial charge in [0, 0.05) is 6.54 Å². The van der Waals surface area contributed by atoms with Gasteiger partial charge in [0.1, 0.15) is 17.4 Å². The summed E-state index contributed by atoms with van der Waals surface area (Å²) in [4.78, 5) is 25.1. The Hall–Kier alpha value is -2.78. The summed E-state index contributed by atoms with van der Waals surface area (Å²) >= 11 is 6.01. The average molecular weight is 389 g/mol. The van der Waals surface area contributed by atoms with Crippen LogP contribution in [0.2, 0.25) is 5.02 Å². The topological polar surface area (TPSA) is 92.3 Å². The van der Waals surface area contributed by atoms with Crippen molar-refractivity contribution in [1.82, 2.24) is 4.57 Å². The van der Waals surface area contributed by atoms with Crippen LogP contribution in [0.25, 0.3) is 0 Å². The molecule has 0 fully saturated rings.